The van der Waals surface area contributed by atoms with Crippen LogP contribution in [0.2, 0.25) is 5.02 Å². The summed E-state index contributed by atoms with van der Waals surface area (Å²) in [6.07, 6.45) is 1.59. The summed E-state index contributed by atoms with van der Waals surface area (Å²) < 4.78 is 2.30. The molecule has 1 aromatic heterocycles. The summed E-state index contributed by atoms with van der Waals surface area (Å²) >= 11 is 9.21. The first-order valence-corrected chi connectivity index (χ1v) is 6.97. The van der Waals surface area contributed by atoms with E-state index < -0.39 is 4.92 Å². The van der Waals surface area contributed by atoms with E-state index in [4.69, 9.17) is 11.6 Å². The lowest BCUT2D eigenvalue weighted by Crippen LogP contribution is -2.20. The summed E-state index contributed by atoms with van der Waals surface area (Å²) in [4.78, 5) is 22.1. The zero-order valence-corrected chi connectivity index (χ0v) is 13.2. The number of nitro groups is 1. The standard InChI is InChI=1S/C12H10BrClN4O3/c1-7-9(13)5-15-17(7)6-12(19)16-11-4-8(18(20)21)2-3-10(11)14/h2-5H,6H2,1H3,(H,16,19). The van der Waals surface area contributed by atoms with Gasteiger partial charge >= 0.3 is 0 Å². The Morgan fingerprint density at radius 3 is 2.86 bits per heavy atom. The average molecular weight is 374 g/mol. The van der Waals surface area contributed by atoms with Crippen molar-refractivity contribution in [2.24, 2.45) is 0 Å². The Morgan fingerprint density at radius 2 is 2.29 bits per heavy atom. The van der Waals surface area contributed by atoms with E-state index in [1.54, 1.807) is 6.20 Å². The molecule has 0 radical (unpaired) electrons. The number of amides is 1. The molecule has 0 saturated carbocycles. The number of carbonyl (C=O) groups is 1. The van der Waals surface area contributed by atoms with Crippen LogP contribution in [0.1, 0.15) is 5.69 Å². The summed E-state index contributed by atoms with van der Waals surface area (Å²) in [5.41, 5.74) is 0.850. The first kappa shape index (κ1) is 15.5. The van der Waals surface area contributed by atoms with Crippen LogP contribution in [0.3, 0.4) is 0 Å². The maximum absolute atomic E-state index is 12.0. The third kappa shape index (κ3) is 3.59. The fourth-order valence-electron chi connectivity index (χ4n) is 1.63. The van der Waals surface area contributed by atoms with Crippen LogP contribution in [0, 0.1) is 17.0 Å². The number of nitrogens with one attached hydrogen (secondary N) is 1. The summed E-state index contributed by atoms with van der Waals surface area (Å²) in [6, 6.07) is 3.85. The quantitative estimate of drug-likeness (QED) is 0.658. The Morgan fingerprint density at radius 1 is 1.57 bits per heavy atom. The highest BCUT2D eigenvalue weighted by atomic mass is 79.9. The summed E-state index contributed by atoms with van der Waals surface area (Å²) in [7, 11) is 0. The van der Waals surface area contributed by atoms with Crippen LogP contribution >= 0.6 is 27.5 Å². The maximum Gasteiger partial charge on any atom is 0.271 e. The van der Waals surface area contributed by atoms with E-state index in [0.29, 0.717) is 0 Å². The monoisotopic (exact) mass is 372 g/mol. The SMILES string of the molecule is Cc1c(Br)cnn1CC(=O)Nc1cc([N+](=O)[O-])ccc1Cl. The van der Waals surface area contributed by atoms with Gasteiger partial charge in [0.2, 0.25) is 5.91 Å². The lowest BCUT2D eigenvalue weighted by Gasteiger charge is -2.08. The molecule has 0 aliphatic rings. The molecule has 0 aliphatic carbocycles. The van der Waals surface area contributed by atoms with Crippen molar-refractivity contribution in [1.82, 2.24) is 9.78 Å². The van der Waals surface area contributed by atoms with Crippen molar-refractivity contribution in [2.45, 2.75) is 13.5 Å². The van der Waals surface area contributed by atoms with Crippen molar-refractivity contribution in [2.75, 3.05) is 5.32 Å². The van der Waals surface area contributed by atoms with Gasteiger partial charge in [-0.25, -0.2) is 0 Å². The van der Waals surface area contributed by atoms with Crippen molar-refractivity contribution >= 4 is 44.8 Å². The molecule has 2 rings (SSSR count). The number of non-ortho nitro benzene ring substituents is 1. The number of nitro benzene ring substituents is 1. The molecule has 7 nitrogen and oxygen atoms in total. The molecule has 0 unspecified atom stereocenters. The van der Waals surface area contributed by atoms with E-state index in [1.807, 2.05) is 6.92 Å². The molecule has 0 bridgehead atoms. The molecule has 21 heavy (non-hydrogen) atoms. The van der Waals surface area contributed by atoms with Crippen molar-refractivity contribution in [1.29, 1.82) is 0 Å². The maximum atomic E-state index is 12.0. The highest BCUT2D eigenvalue weighted by molar-refractivity contribution is 9.10. The van der Waals surface area contributed by atoms with Gasteiger partial charge < -0.3 is 5.32 Å². The second-order valence-electron chi connectivity index (χ2n) is 4.21. The first-order valence-electron chi connectivity index (χ1n) is 5.80. The third-order valence-corrected chi connectivity index (χ3v) is 3.88. The van der Waals surface area contributed by atoms with Gasteiger partial charge in [-0.05, 0) is 28.9 Å². The van der Waals surface area contributed by atoms with Gasteiger partial charge in [0.05, 0.1) is 32.0 Å². The molecule has 1 heterocycles. The topological polar surface area (TPSA) is 90.1 Å². The Kier molecular flexibility index (Phi) is 4.59. The van der Waals surface area contributed by atoms with Gasteiger partial charge in [-0.15, -0.1) is 0 Å². The molecular weight excluding hydrogens is 364 g/mol. The number of benzene rings is 1. The van der Waals surface area contributed by atoms with Crippen LogP contribution in [-0.2, 0) is 11.3 Å². The van der Waals surface area contributed by atoms with E-state index in [9.17, 15) is 14.9 Å². The number of aromatic nitrogens is 2. The largest absolute Gasteiger partial charge is 0.323 e. The van der Waals surface area contributed by atoms with Gasteiger partial charge in [0.25, 0.3) is 5.69 Å². The van der Waals surface area contributed by atoms with Crippen LogP contribution in [-0.4, -0.2) is 20.6 Å². The third-order valence-electron chi connectivity index (χ3n) is 2.77. The number of hydrogen-bond acceptors (Lipinski definition) is 4. The second-order valence-corrected chi connectivity index (χ2v) is 5.47. The van der Waals surface area contributed by atoms with Crippen LogP contribution < -0.4 is 5.32 Å². The van der Waals surface area contributed by atoms with E-state index in [-0.39, 0.29) is 28.8 Å². The lowest BCUT2D eigenvalue weighted by atomic mass is 10.2. The Hall–Kier alpha value is -1.93. The molecule has 110 valence electrons. The van der Waals surface area contributed by atoms with E-state index >= 15 is 0 Å². The van der Waals surface area contributed by atoms with Gasteiger partial charge in [0.1, 0.15) is 6.54 Å². The Bertz CT molecular complexity index is 717. The number of hydrogen-bond donors (Lipinski definition) is 1. The normalized spacial score (nSPS) is 10.4. The van der Waals surface area contributed by atoms with E-state index in [0.717, 1.165) is 10.2 Å². The molecule has 0 atom stereocenters. The van der Waals surface area contributed by atoms with Gasteiger partial charge in [0.15, 0.2) is 0 Å². The smallest absolute Gasteiger partial charge is 0.271 e. The average Bonchev–Trinajstić information content (AvgIpc) is 2.73. The van der Waals surface area contributed by atoms with E-state index in [1.165, 1.54) is 22.9 Å². The Balaban J connectivity index is 2.14. The molecule has 2 aromatic rings. The summed E-state index contributed by atoms with van der Waals surface area (Å²) in [5, 5.41) is 17.5. The van der Waals surface area contributed by atoms with Gasteiger partial charge in [-0.2, -0.15) is 5.10 Å². The number of halogens is 2. The van der Waals surface area contributed by atoms with Gasteiger partial charge in [-0.3, -0.25) is 19.6 Å². The van der Waals surface area contributed by atoms with Crippen LogP contribution in [0.15, 0.2) is 28.9 Å². The first-order chi connectivity index (χ1) is 9.88. The van der Waals surface area contributed by atoms with Crippen LogP contribution in [0.5, 0.6) is 0 Å². The zero-order valence-electron chi connectivity index (χ0n) is 10.8. The molecule has 1 aromatic carbocycles. The molecule has 0 spiro atoms. The summed E-state index contributed by atoms with van der Waals surface area (Å²) in [6.45, 7) is 1.79. The predicted molar refractivity (Wildman–Crippen MR) is 81.4 cm³/mol. The molecule has 0 fully saturated rings. The lowest BCUT2D eigenvalue weighted by molar-refractivity contribution is -0.384. The van der Waals surface area contributed by atoms with Crippen molar-refractivity contribution < 1.29 is 9.72 Å². The van der Waals surface area contributed by atoms with Crippen molar-refractivity contribution in [3.8, 4) is 0 Å². The predicted octanol–water partition coefficient (Wildman–Crippen LogP) is 3.15. The molecule has 0 saturated heterocycles. The van der Waals surface area contributed by atoms with Crippen molar-refractivity contribution in [3.05, 3.63) is 49.7 Å². The summed E-state index contributed by atoms with van der Waals surface area (Å²) in [5.74, 6) is -0.379. The number of nitrogens with zero attached hydrogens (tertiary/aromatic N) is 3. The molecular formula is C12H10BrClN4O3. The Labute approximate surface area is 133 Å². The molecule has 0 aliphatic heterocycles. The van der Waals surface area contributed by atoms with Crippen LogP contribution in [0.4, 0.5) is 11.4 Å². The minimum Gasteiger partial charge on any atom is -0.323 e. The highest BCUT2D eigenvalue weighted by Crippen LogP contribution is 2.26. The minimum atomic E-state index is -0.555. The minimum absolute atomic E-state index is 0.0174. The zero-order chi connectivity index (χ0) is 15.6. The molecule has 1 N–H and O–H groups in total. The number of anilines is 1. The number of rotatable bonds is 4. The van der Waals surface area contributed by atoms with Crippen LogP contribution in [0.25, 0.3) is 0 Å². The fourth-order valence-corrected chi connectivity index (χ4v) is 2.09. The van der Waals surface area contributed by atoms with Gasteiger partial charge in [-0.1, -0.05) is 11.6 Å². The number of carbonyl (C=O) groups excluding carboxylic acids is 1. The molecule has 1 amide bonds. The highest BCUT2D eigenvalue weighted by Gasteiger charge is 2.13. The van der Waals surface area contributed by atoms with Gasteiger partial charge in [0, 0.05) is 12.1 Å². The van der Waals surface area contributed by atoms with E-state index in [2.05, 4.69) is 26.3 Å². The van der Waals surface area contributed by atoms with Crippen molar-refractivity contribution in [3.63, 3.8) is 0 Å². The molecule has 9 heteroatoms. The fraction of sp³-hybridized carbons (Fsp3) is 0.167. The second kappa shape index (κ2) is 6.23.